The van der Waals surface area contributed by atoms with Crippen LogP contribution >= 0.6 is 0 Å². The molecular formula is C10H13N7O. The molecule has 0 fully saturated rings. The first kappa shape index (κ1) is 12.0. The van der Waals surface area contributed by atoms with Crippen LogP contribution in [0.3, 0.4) is 0 Å². The Bertz CT molecular complexity index is 508. The third kappa shape index (κ3) is 2.61. The van der Waals surface area contributed by atoms with Gasteiger partial charge in [0, 0.05) is 0 Å². The molecule has 94 valence electrons. The maximum absolute atomic E-state index is 11.9. The van der Waals surface area contributed by atoms with Crippen molar-refractivity contribution in [2.24, 2.45) is 5.84 Å². The van der Waals surface area contributed by atoms with Gasteiger partial charge < -0.3 is 10.7 Å². The van der Waals surface area contributed by atoms with Crippen molar-refractivity contribution in [3.63, 3.8) is 0 Å². The van der Waals surface area contributed by atoms with E-state index < -0.39 is 0 Å². The van der Waals surface area contributed by atoms with E-state index in [0.29, 0.717) is 17.2 Å². The van der Waals surface area contributed by atoms with Crippen LogP contribution in [0.15, 0.2) is 24.7 Å². The fourth-order valence-electron chi connectivity index (χ4n) is 1.38. The predicted octanol–water partition coefficient (Wildman–Crippen LogP) is -0.0237. The van der Waals surface area contributed by atoms with Gasteiger partial charge in [-0.15, -0.1) is 0 Å². The number of aromatic amines is 1. The molecule has 0 aliphatic heterocycles. The number of amides is 1. The molecule has 1 unspecified atom stereocenters. The number of nitrogens with zero attached hydrogens (tertiary/aromatic N) is 3. The Morgan fingerprint density at radius 3 is 2.83 bits per heavy atom. The van der Waals surface area contributed by atoms with Crippen molar-refractivity contribution in [1.29, 1.82) is 0 Å². The maximum Gasteiger partial charge on any atom is 0.270 e. The summed E-state index contributed by atoms with van der Waals surface area (Å²) in [6, 6.07) is 2.98. The van der Waals surface area contributed by atoms with Crippen molar-refractivity contribution in [2.45, 2.75) is 13.0 Å². The third-order valence-electron chi connectivity index (χ3n) is 2.35. The van der Waals surface area contributed by atoms with E-state index >= 15 is 0 Å². The molecule has 0 saturated heterocycles. The molecule has 2 rings (SSSR count). The molecule has 0 bridgehead atoms. The summed E-state index contributed by atoms with van der Waals surface area (Å²) in [4.78, 5) is 19.8. The average Bonchev–Trinajstić information content (AvgIpc) is 2.92. The summed E-state index contributed by atoms with van der Waals surface area (Å²) >= 11 is 0. The van der Waals surface area contributed by atoms with E-state index in [1.165, 1.54) is 12.5 Å². The largest absolute Gasteiger partial charge is 0.341 e. The molecule has 0 spiro atoms. The van der Waals surface area contributed by atoms with Crippen molar-refractivity contribution in [1.82, 2.24) is 25.5 Å². The number of rotatable bonds is 4. The van der Waals surface area contributed by atoms with Crippen LogP contribution in [-0.4, -0.2) is 26.1 Å². The number of nitrogens with two attached hydrogens (primary N) is 1. The Balaban J connectivity index is 2.03. The number of pyridine rings is 1. The van der Waals surface area contributed by atoms with E-state index in [4.69, 9.17) is 5.84 Å². The molecule has 0 aromatic carbocycles. The van der Waals surface area contributed by atoms with Gasteiger partial charge in [0.1, 0.15) is 17.8 Å². The number of carbonyl (C=O) groups is 1. The molecule has 8 heteroatoms. The molecule has 0 aliphatic carbocycles. The van der Waals surface area contributed by atoms with Gasteiger partial charge in [0.25, 0.3) is 5.91 Å². The van der Waals surface area contributed by atoms with Crippen LogP contribution in [0.5, 0.6) is 0 Å². The maximum atomic E-state index is 11.9. The molecule has 18 heavy (non-hydrogen) atoms. The van der Waals surface area contributed by atoms with Crippen molar-refractivity contribution in [3.8, 4) is 0 Å². The van der Waals surface area contributed by atoms with Crippen molar-refractivity contribution in [2.75, 3.05) is 5.43 Å². The summed E-state index contributed by atoms with van der Waals surface area (Å²) in [5, 5.41) is 9.16. The van der Waals surface area contributed by atoms with E-state index in [9.17, 15) is 4.79 Å². The quantitative estimate of drug-likeness (QED) is 0.445. The molecule has 0 aliphatic rings. The number of hydrogen-bond donors (Lipinski definition) is 4. The Labute approximate surface area is 103 Å². The number of carbonyl (C=O) groups excluding carboxylic acids is 1. The molecule has 1 atom stereocenters. The van der Waals surface area contributed by atoms with Crippen LogP contribution in [-0.2, 0) is 0 Å². The highest BCUT2D eigenvalue weighted by Crippen LogP contribution is 2.08. The van der Waals surface area contributed by atoms with Crippen molar-refractivity contribution >= 4 is 11.6 Å². The summed E-state index contributed by atoms with van der Waals surface area (Å²) in [7, 11) is 0. The van der Waals surface area contributed by atoms with Gasteiger partial charge in [-0.1, -0.05) is 0 Å². The highest BCUT2D eigenvalue weighted by Gasteiger charge is 2.14. The molecule has 5 N–H and O–H groups in total. The zero-order chi connectivity index (χ0) is 13.0. The molecule has 2 aromatic heterocycles. The number of hydrazine groups is 1. The Morgan fingerprint density at radius 1 is 1.44 bits per heavy atom. The number of nitrogen functional groups attached to an aromatic ring is 1. The first-order chi connectivity index (χ1) is 8.70. The van der Waals surface area contributed by atoms with Gasteiger partial charge >= 0.3 is 0 Å². The molecule has 0 saturated carbocycles. The van der Waals surface area contributed by atoms with E-state index in [2.05, 4.69) is 30.9 Å². The lowest BCUT2D eigenvalue weighted by molar-refractivity contribution is 0.0933. The van der Waals surface area contributed by atoms with Gasteiger partial charge in [-0.05, 0) is 19.1 Å². The van der Waals surface area contributed by atoms with Crippen molar-refractivity contribution < 1.29 is 4.79 Å². The topological polar surface area (TPSA) is 122 Å². The van der Waals surface area contributed by atoms with Gasteiger partial charge in [-0.3, -0.25) is 15.7 Å². The van der Waals surface area contributed by atoms with E-state index in [0.717, 1.165) is 0 Å². The minimum absolute atomic E-state index is 0.269. The van der Waals surface area contributed by atoms with Crippen molar-refractivity contribution in [3.05, 3.63) is 36.2 Å². The molecule has 2 aromatic rings. The number of nitrogens with one attached hydrogen (secondary N) is 3. The van der Waals surface area contributed by atoms with Gasteiger partial charge in [-0.2, -0.15) is 5.10 Å². The summed E-state index contributed by atoms with van der Waals surface area (Å²) in [6.45, 7) is 1.80. The minimum atomic E-state index is -0.289. The third-order valence-corrected chi connectivity index (χ3v) is 2.35. The van der Waals surface area contributed by atoms with Gasteiger partial charge in [-0.25, -0.2) is 9.97 Å². The van der Waals surface area contributed by atoms with E-state index in [1.807, 2.05) is 0 Å². The second kappa shape index (κ2) is 5.23. The molecule has 1 amide bonds. The summed E-state index contributed by atoms with van der Waals surface area (Å²) < 4.78 is 0. The summed E-state index contributed by atoms with van der Waals surface area (Å²) in [5.41, 5.74) is 3.38. The van der Waals surface area contributed by atoms with Crippen LogP contribution in [0.2, 0.25) is 0 Å². The smallest absolute Gasteiger partial charge is 0.270 e. The monoisotopic (exact) mass is 247 g/mol. The SMILES string of the molecule is CC(NC(=O)c1ccc(NN)cn1)c1ncn[nH]1. The first-order valence-electron chi connectivity index (χ1n) is 5.29. The van der Waals surface area contributed by atoms with E-state index in [-0.39, 0.29) is 11.9 Å². The predicted molar refractivity (Wildman–Crippen MR) is 64.3 cm³/mol. The number of anilines is 1. The summed E-state index contributed by atoms with van der Waals surface area (Å²) in [5.74, 6) is 5.51. The minimum Gasteiger partial charge on any atom is -0.341 e. The van der Waals surface area contributed by atoms with Crippen LogP contribution in [0.1, 0.15) is 29.3 Å². The van der Waals surface area contributed by atoms with Crippen LogP contribution in [0, 0.1) is 0 Å². The molecule has 0 radical (unpaired) electrons. The van der Waals surface area contributed by atoms with Crippen LogP contribution in [0.4, 0.5) is 5.69 Å². The lowest BCUT2D eigenvalue weighted by atomic mass is 10.2. The highest BCUT2D eigenvalue weighted by molar-refractivity contribution is 5.92. The van der Waals surface area contributed by atoms with E-state index in [1.54, 1.807) is 19.1 Å². The Kier molecular flexibility index (Phi) is 3.49. The highest BCUT2D eigenvalue weighted by atomic mass is 16.1. The number of aromatic nitrogens is 4. The van der Waals surface area contributed by atoms with Gasteiger partial charge in [0.2, 0.25) is 0 Å². The second-order valence-electron chi connectivity index (χ2n) is 3.64. The standard InChI is InChI=1S/C10H13N7O/c1-6(9-13-5-14-17-9)15-10(18)8-3-2-7(16-11)4-12-8/h2-6,16H,11H2,1H3,(H,15,18)(H,13,14,17). The lowest BCUT2D eigenvalue weighted by Gasteiger charge is -2.10. The zero-order valence-corrected chi connectivity index (χ0v) is 9.71. The average molecular weight is 247 g/mol. The summed E-state index contributed by atoms with van der Waals surface area (Å²) in [6.07, 6.45) is 2.87. The molecule has 8 nitrogen and oxygen atoms in total. The van der Waals surface area contributed by atoms with Gasteiger partial charge in [0.05, 0.1) is 17.9 Å². The Morgan fingerprint density at radius 2 is 2.28 bits per heavy atom. The lowest BCUT2D eigenvalue weighted by Crippen LogP contribution is -2.28. The fourth-order valence-corrected chi connectivity index (χ4v) is 1.38. The molecule has 2 heterocycles. The number of hydrogen-bond acceptors (Lipinski definition) is 6. The number of H-pyrrole nitrogens is 1. The van der Waals surface area contributed by atoms with Gasteiger partial charge in [0.15, 0.2) is 0 Å². The zero-order valence-electron chi connectivity index (χ0n) is 9.71. The Hall–Kier alpha value is -2.48. The normalized spacial score (nSPS) is 11.9. The van der Waals surface area contributed by atoms with Crippen LogP contribution in [0.25, 0.3) is 0 Å². The van der Waals surface area contributed by atoms with Crippen LogP contribution < -0.4 is 16.6 Å². The first-order valence-corrected chi connectivity index (χ1v) is 5.29. The molecular weight excluding hydrogens is 234 g/mol. The second-order valence-corrected chi connectivity index (χ2v) is 3.64. The fraction of sp³-hybridized carbons (Fsp3) is 0.200.